The maximum absolute atomic E-state index is 12.2. The van der Waals surface area contributed by atoms with Crippen LogP contribution in [-0.2, 0) is 11.4 Å². The summed E-state index contributed by atoms with van der Waals surface area (Å²) in [4.78, 5) is 16.8. The molecule has 0 atom stereocenters. The van der Waals surface area contributed by atoms with E-state index in [-0.39, 0.29) is 12.5 Å². The van der Waals surface area contributed by atoms with Crippen LogP contribution in [0.5, 0.6) is 11.5 Å². The average Bonchev–Trinajstić information content (AvgIpc) is 3.16. The lowest BCUT2D eigenvalue weighted by Crippen LogP contribution is -2.20. The molecule has 152 valence electrons. The lowest BCUT2D eigenvalue weighted by molar-refractivity contribution is -0.118. The number of carbonyl (C=O) groups excluding carboxylic acids is 1. The molecule has 5 nitrogen and oxygen atoms in total. The summed E-state index contributed by atoms with van der Waals surface area (Å²) in [5, 5.41) is 3.81. The van der Waals surface area contributed by atoms with Crippen LogP contribution >= 0.6 is 11.3 Å². The van der Waals surface area contributed by atoms with Crippen molar-refractivity contribution in [3.63, 3.8) is 0 Å². The van der Waals surface area contributed by atoms with Gasteiger partial charge in [-0.2, -0.15) is 0 Å². The molecule has 0 bridgehead atoms. The highest BCUT2D eigenvalue weighted by atomic mass is 32.1. The summed E-state index contributed by atoms with van der Waals surface area (Å²) in [5.41, 5.74) is 3.73. The van der Waals surface area contributed by atoms with E-state index >= 15 is 0 Å². The van der Waals surface area contributed by atoms with Gasteiger partial charge >= 0.3 is 0 Å². The van der Waals surface area contributed by atoms with Crippen molar-refractivity contribution in [3.8, 4) is 11.5 Å². The van der Waals surface area contributed by atoms with Crippen LogP contribution in [0.3, 0.4) is 0 Å². The number of ether oxygens (including phenoxy) is 2. The molecule has 1 heterocycles. The van der Waals surface area contributed by atoms with Crippen LogP contribution in [0.2, 0.25) is 0 Å². The molecule has 0 saturated heterocycles. The summed E-state index contributed by atoms with van der Waals surface area (Å²) in [5.74, 6) is 1.21. The molecule has 0 aliphatic heterocycles. The monoisotopic (exact) mass is 418 g/mol. The molecular formula is C24H22N2O3S. The second kappa shape index (κ2) is 8.97. The first-order valence-electron chi connectivity index (χ1n) is 9.64. The molecule has 0 fully saturated rings. The van der Waals surface area contributed by atoms with Crippen molar-refractivity contribution in [2.45, 2.75) is 20.5 Å². The summed E-state index contributed by atoms with van der Waals surface area (Å²) in [6.45, 7) is 4.28. The second-order valence-electron chi connectivity index (χ2n) is 6.99. The Hall–Kier alpha value is -3.38. The Balaban J connectivity index is 1.32. The Morgan fingerprint density at radius 2 is 1.80 bits per heavy atom. The zero-order chi connectivity index (χ0) is 20.9. The highest BCUT2D eigenvalue weighted by molar-refractivity contribution is 7.18. The maximum atomic E-state index is 12.2. The van der Waals surface area contributed by atoms with Crippen LogP contribution in [0.25, 0.3) is 10.2 Å². The first-order valence-corrected chi connectivity index (χ1v) is 10.5. The van der Waals surface area contributed by atoms with Crippen molar-refractivity contribution in [3.05, 3.63) is 82.9 Å². The maximum Gasteiger partial charge on any atom is 0.262 e. The number of para-hydroxylation sites is 1. The van der Waals surface area contributed by atoms with Crippen LogP contribution in [0, 0.1) is 13.8 Å². The standard InChI is InChI=1S/C24H22N2O3S/c1-16-6-5-7-18(12-16)28-14-23(27)25-20-11-10-19(13-17(20)2)29-15-24-26-21-8-3-4-9-22(21)30-24/h3-13H,14-15H2,1-2H3,(H,25,27). The molecule has 6 heteroatoms. The molecule has 0 aliphatic rings. The number of amides is 1. The van der Waals surface area contributed by atoms with E-state index < -0.39 is 0 Å². The quantitative estimate of drug-likeness (QED) is 0.430. The number of thiazole rings is 1. The van der Waals surface area contributed by atoms with Gasteiger partial charge in [0, 0.05) is 5.69 Å². The summed E-state index contributed by atoms with van der Waals surface area (Å²) in [7, 11) is 0. The van der Waals surface area contributed by atoms with E-state index in [1.54, 1.807) is 11.3 Å². The SMILES string of the molecule is Cc1cccc(OCC(=O)Nc2ccc(OCc3nc4ccccc4s3)cc2C)c1. The molecule has 0 saturated carbocycles. The van der Waals surface area contributed by atoms with Crippen LogP contribution in [0.4, 0.5) is 5.69 Å². The van der Waals surface area contributed by atoms with Crippen molar-refractivity contribution in [1.29, 1.82) is 0 Å². The Bertz CT molecular complexity index is 1150. The zero-order valence-electron chi connectivity index (χ0n) is 16.8. The minimum Gasteiger partial charge on any atom is -0.486 e. The minimum absolute atomic E-state index is 0.0429. The average molecular weight is 419 g/mol. The Morgan fingerprint density at radius 1 is 0.967 bits per heavy atom. The number of hydrogen-bond acceptors (Lipinski definition) is 5. The van der Waals surface area contributed by atoms with E-state index in [9.17, 15) is 4.79 Å². The van der Waals surface area contributed by atoms with Gasteiger partial charge in [-0.15, -0.1) is 11.3 Å². The van der Waals surface area contributed by atoms with Gasteiger partial charge < -0.3 is 14.8 Å². The lowest BCUT2D eigenvalue weighted by Gasteiger charge is -2.12. The Morgan fingerprint density at radius 3 is 2.60 bits per heavy atom. The van der Waals surface area contributed by atoms with Crippen molar-refractivity contribution in [1.82, 2.24) is 4.98 Å². The lowest BCUT2D eigenvalue weighted by atomic mass is 10.2. The molecule has 0 radical (unpaired) electrons. The van der Waals surface area contributed by atoms with Gasteiger partial charge in [0.15, 0.2) is 6.61 Å². The number of fused-ring (bicyclic) bond motifs is 1. The summed E-state index contributed by atoms with van der Waals surface area (Å²) >= 11 is 1.63. The molecule has 4 rings (SSSR count). The number of nitrogens with zero attached hydrogens (tertiary/aromatic N) is 1. The number of aryl methyl sites for hydroxylation is 2. The van der Waals surface area contributed by atoms with E-state index in [0.717, 1.165) is 37.8 Å². The molecule has 3 aromatic carbocycles. The van der Waals surface area contributed by atoms with Gasteiger partial charge in [-0.3, -0.25) is 4.79 Å². The molecule has 30 heavy (non-hydrogen) atoms. The third-order valence-electron chi connectivity index (χ3n) is 4.53. The number of nitrogens with one attached hydrogen (secondary N) is 1. The highest BCUT2D eigenvalue weighted by Gasteiger charge is 2.09. The smallest absolute Gasteiger partial charge is 0.262 e. The van der Waals surface area contributed by atoms with Gasteiger partial charge in [0.2, 0.25) is 0 Å². The number of hydrogen-bond donors (Lipinski definition) is 1. The second-order valence-corrected chi connectivity index (χ2v) is 8.11. The molecule has 0 aliphatic carbocycles. The van der Waals surface area contributed by atoms with E-state index in [1.165, 1.54) is 0 Å². The molecule has 1 N–H and O–H groups in total. The molecule has 4 aromatic rings. The largest absolute Gasteiger partial charge is 0.486 e. The van der Waals surface area contributed by atoms with Gasteiger partial charge in [0.1, 0.15) is 23.1 Å². The van der Waals surface area contributed by atoms with Gasteiger partial charge in [-0.25, -0.2) is 4.98 Å². The van der Waals surface area contributed by atoms with Gasteiger partial charge in [0.05, 0.1) is 10.2 Å². The fraction of sp³-hybridized carbons (Fsp3) is 0.167. The number of aromatic nitrogens is 1. The number of benzene rings is 3. The van der Waals surface area contributed by atoms with Gasteiger partial charge in [0.25, 0.3) is 5.91 Å². The fourth-order valence-electron chi connectivity index (χ4n) is 3.03. The van der Waals surface area contributed by atoms with Crippen LogP contribution in [-0.4, -0.2) is 17.5 Å². The number of rotatable bonds is 7. The highest BCUT2D eigenvalue weighted by Crippen LogP contribution is 2.25. The van der Waals surface area contributed by atoms with Crippen LogP contribution < -0.4 is 14.8 Å². The minimum atomic E-state index is -0.206. The van der Waals surface area contributed by atoms with Crippen molar-refractivity contribution < 1.29 is 14.3 Å². The summed E-state index contributed by atoms with van der Waals surface area (Å²) in [6, 6.07) is 21.3. The van der Waals surface area contributed by atoms with Crippen LogP contribution in [0.1, 0.15) is 16.1 Å². The zero-order valence-corrected chi connectivity index (χ0v) is 17.7. The van der Waals surface area contributed by atoms with Crippen molar-refractivity contribution in [2.75, 3.05) is 11.9 Å². The summed E-state index contributed by atoms with van der Waals surface area (Å²) < 4.78 is 12.6. The van der Waals surface area contributed by atoms with E-state index in [0.29, 0.717) is 12.4 Å². The molecular weight excluding hydrogens is 396 g/mol. The number of anilines is 1. The first-order chi connectivity index (χ1) is 14.6. The number of carbonyl (C=O) groups is 1. The van der Waals surface area contributed by atoms with Crippen LogP contribution in [0.15, 0.2) is 66.7 Å². The predicted molar refractivity (Wildman–Crippen MR) is 120 cm³/mol. The molecule has 1 amide bonds. The van der Waals surface area contributed by atoms with Crippen molar-refractivity contribution >= 4 is 33.1 Å². The van der Waals surface area contributed by atoms with E-state index in [1.807, 2.05) is 74.5 Å². The Labute approximate surface area is 179 Å². The first kappa shape index (κ1) is 19.9. The van der Waals surface area contributed by atoms with E-state index in [4.69, 9.17) is 9.47 Å². The normalized spacial score (nSPS) is 10.7. The molecule has 0 unspecified atom stereocenters. The molecule has 1 aromatic heterocycles. The predicted octanol–water partition coefficient (Wildman–Crippen LogP) is 5.51. The third kappa shape index (κ3) is 4.96. The third-order valence-corrected chi connectivity index (χ3v) is 5.54. The van der Waals surface area contributed by atoms with Crippen molar-refractivity contribution in [2.24, 2.45) is 0 Å². The topological polar surface area (TPSA) is 60.5 Å². The van der Waals surface area contributed by atoms with Gasteiger partial charge in [-0.1, -0.05) is 24.3 Å². The van der Waals surface area contributed by atoms with E-state index in [2.05, 4.69) is 16.4 Å². The van der Waals surface area contributed by atoms with Gasteiger partial charge in [-0.05, 0) is 67.4 Å². The molecule has 0 spiro atoms. The summed E-state index contributed by atoms with van der Waals surface area (Å²) in [6.07, 6.45) is 0. The Kier molecular flexibility index (Phi) is 5.95. The fourth-order valence-corrected chi connectivity index (χ4v) is 3.91.